The molecule has 0 spiro atoms. The van der Waals surface area contributed by atoms with Gasteiger partial charge in [-0.3, -0.25) is 4.79 Å². The molecular formula is C16H25Cl2N5O. The predicted octanol–water partition coefficient (Wildman–Crippen LogP) is 2.60. The van der Waals surface area contributed by atoms with Gasteiger partial charge in [0.25, 0.3) is 5.91 Å². The minimum Gasteiger partial charge on any atom is -0.337 e. The summed E-state index contributed by atoms with van der Waals surface area (Å²) in [5, 5.41) is 8.63. The van der Waals surface area contributed by atoms with Crippen molar-refractivity contribution in [2.75, 3.05) is 26.2 Å². The van der Waals surface area contributed by atoms with Gasteiger partial charge in [-0.1, -0.05) is 0 Å². The third-order valence-electron chi connectivity index (χ3n) is 4.11. The highest BCUT2D eigenvalue weighted by Gasteiger charge is 2.21. The van der Waals surface area contributed by atoms with E-state index in [-0.39, 0.29) is 36.8 Å². The van der Waals surface area contributed by atoms with Crippen LogP contribution in [0.25, 0.3) is 11.0 Å². The van der Waals surface area contributed by atoms with Crippen LogP contribution >= 0.6 is 24.8 Å². The largest absolute Gasteiger partial charge is 0.337 e. The summed E-state index contributed by atoms with van der Waals surface area (Å²) < 4.78 is 1.90. The zero-order valence-corrected chi connectivity index (χ0v) is 15.9. The molecule has 2 aromatic rings. The van der Waals surface area contributed by atoms with E-state index in [1.165, 1.54) is 0 Å². The Hall–Kier alpha value is -1.37. The summed E-state index contributed by atoms with van der Waals surface area (Å²) >= 11 is 0. The highest BCUT2D eigenvalue weighted by Crippen LogP contribution is 2.20. The normalized spacial score (nSPS) is 14.9. The number of fused-ring (bicyclic) bond motifs is 1. The van der Waals surface area contributed by atoms with Crippen LogP contribution in [0.4, 0.5) is 0 Å². The molecule has 0 aromatic carbocycles. The van der Waals surface area contributed by atoms with Crippen LogP contribution in [0, 0.1) is 6.92 Å². The molecule has 0 radical (unpaired) electrons. The molecule has 0 aliphatic carbocycles. The number of halogens is 2. The molecule has 1 fully saturated rings. The number of rotatable bonds is 2. The Morgan fingerprint density at radius 1 is 1.25 bits per heavy atom. The second kappa shape index (κ2) is 8.65. The number of nitrogens with one attached hydrogen (secondary N) is 1. The van der Waals surface area contributed by atoms with Crippen LogP contribution < -0.4 is 5.32 Å². The lowest BCUT2D eigenvalue weighted by Gasteiger charge is -2.20. The van der Waals surface area contributed by atoms with Crippen molar-refractivity contribution in [3.05, 3.63) is 23.5 Å². The summed E-state index contributed by atoms with van der Waals surface area (Å²) in [4.78, 5) is 19.3. The van der Waals surface area contributed by atoms with Crippen molar-refractivity contribution in [3.8, 4) is 0 Å². The van der Waals surface area contributed by atoms with Crippen LogP contribution in [0.5, 0.6) is 0 Å². The Kier molecular flexibility index (Phi) is 7.45. The third-order valence-corrected chi connectivity index (χ3v) is 4.11. The summed E-state index contributed by atoms with van der Waals surface area (Å²) in [6, 6.07) is 2.19. The average molecular weight is 374 g/mol. The first kappa shape index (κ1) is 20.7. The van der Waals surface area contributed by atoms with Gasteiger partial charge in [-0.15, -0.1) is 24.8 Å². The van der Waals surface area contributed by atoms with E-state index in [1.54, 1.807) is 6.20 Å². The minimum absolute atomic E-state index is 0. The second-order valence-electron chi connectivity index (χ2n) is 6.11. The molecule has 0 saturated carbocycles. The maximum Gasteiger partial charge on any atom is 0.255 e. The van der Waals surface area contributed by atoms with Crippen molar-refractivity contribution in [1.29, 1.82) is 0 Å². The van der Waals surface area contributed by atoms with E-state index in [0.29, 0.717) is 5.56 Å². The van der Waals surface area contributed by atoms with Crippen molar-refractivity contribution >= 4 is 41.8 Å². The van der Waals surface area contributed by atoms with Crippen LogP contribution in [-0.4, -0.2) is 51.8 Å². The standard InChI is InChI=1S/C16H23N5O.2ClH/c1-11(2)21-15-13(10-18-21)9-14(12(3)19-15)16(22)20-7-4-5-17-6-8-20;;/h9-11,17H,4-8H2,1-3H3;2*1H. The Morgan fingerprint density at radius 3 is 2.71 bits per heavy atom. The van der Waals surface area contributed by atoms with E-state index in [2.05, 4.69) is 29.2 Å². The maximum absolute atomic E-state index is 12.8. The van der Waals surface area contributed by atoms with E-state index in [4.69, 9.17) is 0 Å². The van der Waals surface area contributed by atoms with Gasteiger partial charge in [-0.05, 0) is 39.8 Å². The maximum atomic E-state index is 12.8. The molecule has 1 saturated heterocycles. The number of nitrogens with zero attached hydrogens (tertiary/aromatic N) is 4. The Morgan fingerprint density at radius 2 is 2.00 bits per heavy atom. The fraction of sp³-hybridized carbons (Fsp3) is 0.562. The number of pyridine rings is 1. The Bertz CT molecular complexity index is 693. The molecule has 0 atom stereocenters. The SMILES string of the molecule is Cc1nc2c(cnn2C(C)C)cc1C(=O)N1CCCNCC1.Cl.Cl. The van der Waals surface area contributed by atoms with Crippen LogP contribution in [0.1, 0.15) is 42.4 Å². The van der Waals surface area contributed by atoms with Crippen molar-refractivity contribution in [3.63, 3.8) is 0 Å². The van der Waals surface area contributed by atoms with Gasteiger partial charge >= 0.3 is 0 Å². The summed E-state index contributed by atoms with van der Waals surface area (Å²) in [5.74, 6) is 0.0768. The van der Waals surface area contributed by atoms with E-state index < -0.39 is 0 Å². The van der Waals surface area contributed by atoms with E-state index in [9.17, 15) is 4.79 Å². The Labute approximate surface area is 154 Å². The molecule has 1 aliphatic heterocycles. The first-order valence-electron chi connectivity index (χ1n) is 7.93. The fourth-order valence-electron chi connectivity index (χ4n) is 2.88. The summed E-state index contributed by atoms with van der Waals surface area (Å²) in [6.07, 6.45) is 2.79. The van der Waals surface area contributed by atoms with Crippen molar-refractivity contribution < 1.29 is 4.79 Å². The summed E-state index contributed by atoms with van der Waals surface area (Å²) in [6.45, 7) is 9.43. The lowest BCUT2D eigenvalue weighted by molar-refractivity contribution is 0.0765. The van der Waals surface area contributed by atoms with Crippen LogP contribution in [-0.2, 0) is 0 Å². The van der Waals surface area contributed by atoms with Gasteiger partial charge in [0, 0.05) is 31.1 Å². The highest BCUT2D eigenvalue weighted by atomic mass is 35.5. The average Bonchev–Trinajstić information content (AvgIpc) is 2.71. The predicted molar refractivity (Wildman–Crippen MR) is 101 cm³/mol. The molecule has 0 bridgehead atoms. The molecule has 3 heterocycles. The topological polar surface area (TPSA) is 63.1 Å². The second-order valence-corrected chi connectivity index (χ2v) is 6.11. The van der Waals surface area contributed by atoms with Gasteiger partial charge in [0.1, 0.15) is 0 Å². The molecule has 1 aliphatic rings. The van der Waals surface area contributed by atoms with E-state index in [1.807, 2.05) is 22.6 Å². The van der Waals surface area contributed by atoms with Crippen LogP contribution in [0.15, 0.2) is 12.3 Å². The quantitative estimate of drug-likeness (QED) is 0.878. The van der Waals surface area contributed by atoms with E-state index >= 15 is 0 Å². The zero-order valence-electron chi connectivity index (χ0n) is 14.3. The van der Waals surface area contributed by atoms with Gasteiger partial charge in [0.2, 0.25) is 0 Å². The molecule has 8 heteroatoms. The highest BCUT2D eigenvalue weighted by molar-refractivity contribution is 5.98. The van der Waals surface area contributed by atoms with Crippen molar-refractivity contribution in [2.45, 2.75) is 33.2 Å². The molecule has 0 unspecified atom stereocenters. The molecule has 1 amide bonds. The first-order valence-corrected chi connectivity index (χ1v) is 7.93. The van der Waals surface area contributed by atoms with Crippen LogP contribution in [0.3, 0.4) is 0 Å². The molecule has 134 valence electrons. The number of amides is 1. The lowest BCUT2D eigenvalue weighted by Crippen LogP contribution is -2.34. The lowest BCUT2D eigenvalue weighted by atomic mass is 10.1. The van der Waals surface area contributed by atoms with Gasteiger partial charge in [-0.2, -0.15) is 5.10 Å². The number of aromatic nitrogens is 3. The smallest absolute Gasteiger partial charge is 0.255 e. The molecule has 24 heavy (non-hydrogen) atoms. The molecule has 6 nitrogen and oxygen atoms in total. The number of hydrogen-bond acceptors (Lipinski definition) is 4. The summed E-state index contributed by atoms with van der Waals surface area (Å²) in [5.41, 5.74) is 2.32. The van der Waals surface area contributed by atoms with E-state index in [0.717, 1.165) is 49.3 Å². The Balaban J connectivity index is 0.00000144. The molecule has 1 N–H and O–H groups in total. The molecular weight excluding hydrogens is 349 g/mol. The summed E-state index contributed by atoms with van der Waals surface area (Å²) in [7, 11) is 0. The van der Waals surface area contributed by atoms with Gasteiger partial charge in [-0.25, -0.2) is 9.67 Å². The number of hydrogen-bond donors (Lipinski definition) is 1. The fourth-order valence-corrected chi connectivity index (χ4v) is 2.88. The number of carbonyl (C=O) groups is 1. The molecule has 2 aromatic heterocycles. The number of aryl methyl sites for hydroxylation is 1. The third kappa shape index (κ3) is 3.99. The monoisotopic (exact) mass is 373 g/mol. The van der Waals surface area contributed by atoms with Crippen molar-refractivity contribution in [2.24, 2.45) is 0 Å². The van der Waals surface area contributed by atoms with Crippen molar-refractivity contribution in [1.82, 2.24) is 25.0 Å². The minimum atomic E-state index is 0. The van der Waals surface area contributed by atoms with Gasteiger partial charge in [0.15, 0.2) is 5.65 Å². The van der Waals surface area contributed by atoms with Gasteiger partial charge < -0.3 is 10.2 Å². The van der Waals surface area contributed by atoms with Crippen LogP contribution in [0.2, 0.25) is 0 Å². The molecule has 3 rings (SSSR count). The number of carbonyl (C=O) groups excluding carboxylic acids is 1. The first-order chi connectivity index (χ1) is 10.6. The zero-order chi connectivity index (χ0) is 15.7. The van der Waals surface area contributed by atoms with Gasteiger partial charge in [0.05, 0.1) is 17.5 Å².